The molecule has 4 heteroatoms. The lowest BCUT2D eigenvalue weighted by Crippen LogP contribution is -2.23. The highest BCUT2D eigenvalue weighted by molar-refractivity contribution is 6.28. The van der Waals surface area contributed by atoms with Gasteiger partial charge in [-0.2, -0.15) is 0 Å². The molecule has 80 valence electrons. The summed E-state index contributed by atoms with van der Waals surface area (Å²) < 4.78 is 0. The highest BCUT2D eigenvalue weighted by Crippen LogP contribution is 2.20. The number of hydrogen-bond acceptors (Lipinski definition) is 2. The van der Waals surface area contributed by atoms with Crippen LogP contribution in [0.2, 0.25) is 0 Å². The van der Waals surface area contributed by atoms with Crippen LogP contribution in [0.4, 0.5) is 5.69 Å². The van der Waals surface area contributed by atoms with E-state index in [1.165, 1.54) is 11.1 Å². The van der Waals surface area contributed by atoms with Crippen molar-refractivity contribution in [2.75, 3.05) is 12.4 Å². The molecule has 0 fully saturated rings. The third-order valence-corrected chi connectivity index (χ3v) is 2.76. The number of amidine groups is 1. The summed E-state index contributed by atoms with van der Waals surface area (Å²) in [4.78, 5) is 4.23. The summed E-state index contributed by atoms with van der Waals surface area (Å²) in [7, 11) is 0. The maximum atomic E-state index is 5.59. The Morgan fingerprint density at radius 3 is 3.13 bits per heavy atom. The van der Waals surface area contributed by atoms with Crippen LogP contribution in [0, 0.1) is 0 Å². The summed E-state index contributed by atoms with van der Waals surface area (Å²) in [6, 6.07) is 6.17. The number of hydrogen-bond donors (Lipinski definition) is 2. The molecule has 1 aliphatic heterocycles. The molecule has 2 rings (SSSR count). The first-order chi connectivity index (χ1) is 7.29. The molecule has 3 nitrogen and oxygen atoms in total. The summed E-state index contributed by atoms with van der Waals surface area (Å²) in [5.41, 5.74) is 9.19. The quantitative estimate of drug-likeness (QED) is 0.454. The molecule has 0 amide bonds. The Hall–Kier alpha value is -1.06. The molecule has 0 aromatic heterocycles. The van der Waals surface area contributed by atoms with Crippen molar-refractivity contribution in [3.8, 4) is 0 Å². The van der Waals surface area contributed by atoms with E-state index >= 15 is 0 Å². The predicted octanol–water partition coefficient (Wildman–Crippen LogP) is 1.56. The number of halogens is 1. The van der Waals surface area contributed by atoms with Crippen LogP contribution in [-0.2, 0) is 13.0 Å². The second-order valence-electron chi connectivity index (χ2n) is 3.62. The number of nitrogens with one attached hydrogen (secondary N) is 1. The summed E-state index contributed by atoms with van der Waals surface area (Å²) in [5.74, 6) is 0.740. The van der Waals surface area contributed by atoms with Gasteiger partial charge in [-0.1, -0.05) is 6.07 Å². The third-order valence-electron chi connectivity index (χ3n) is 2.49. The summed E-state index contributed by atoms with van der Waals surface area (Å²) in [6.45, 7) is 1.98. The number of rotatable bonds is 2. The van der Waals surface area contributed by atoms with Crippen molar-refractivity contribution in [1.29, 1.82) is 0 Å². The fourth-order valence-corrected chi connectivity index (χ4v) is 1.79. The van der Waals surface area contributed by atoms with Crippen molar-refractivity contribution < 1.29 is 0 Å². The molecule has 0 aliphatic carbocycles. The topological polar surface area (TPSA) is 50.4 Å². The Morgan fingerprint density at radius 1 is 1.47 bits per heavy atom. The first-order valence-electron chi connectivity index (χ1n) is 5.01. The molecular weight excluding hydrogens is 210 g/mol. The van der Waals surface area contributed by atoms with E-state index in [1.807, 2.05) is 6.07 Å². The van der Waals surface area contributed by atoms with Gasteiger partial charge in [-0.3, -0.25) is 0 Å². The number of benzene rings is 1. The van der Waals surface area contributed by atoms with Crippen LogP contribution >= 0.6 is 11.6 Å². The van der Waals surface area contributed by atoms with Crippen molar-refractivity contribution in [3.63, 3.8) is 0 Å². The van der Waals surface area contributed by atoms with Crippen LogP contribution in [-0.4, -0.2) is 18.3 Å². The molecule has 0 radical (unpaired) electrons. The lowest BCUT2D eigenvalue weighted by atomic mass is 10.0. The minimum Gasteiger partial charge on any atom is -0.386 e. The highest BCUT2D eigenvalue weighted by Gasteiger charge is 2.08. The van der Waals surface area contributed by atoms with Crippen molar-refractivity contribution in [1.82, 2.24) is 5.32 Å². The number of alkyl halides is 1. The first-order valence-corrected chi connectivity index (χ1v) is 5.54. The maximum Gasteiger partial charge on any atom is 0.115 e. The van der Waals surface area contributed by atoms with Gasteiger partial charge in [0, 0.05) is 6.54 Å². The Bertz CT molecular complexity index is 387. The van der Waals surface area contributed by atoms with Crippen LogP contribution in [0.15, 0.2) is 23.2 Å². The van der Waals surface area contributed by atoms with Crippen molar-refractivity contribution in [2.45, 2.75) is 13.0 Å². The van der Waals surface area contributed by atoms with Gasteiger partial charge in [-0.15, -0.1) is 11.6 Å². The second kappa shape index (κ2) is 4.64. The zero-order chi connectivity index (χ0) is 10.7. The lowest BCUT2D eigenvalue weighted by molar-refractivity contribution is 0.644. The van der Waals surface area contributed by atoms with Gasteiger partial charge in [0.15, 0.2) is 0 Å². The Labute approximate surface area is 94.3 Å². The summed E-state index contributed by atoms with van der Waals surface area (Å²) in [6.07, 6.45) is 1.06. The summed E-state index contributed by atoms with van der Waals surface area (Å²) >= 11 is 5.58. The van der Waals surface area contributed by atoms with E-state index in [1.54, 1.807) is 0 Å². The largest absolute Gasteiger partial charge is 0.386 e. The zero-order valence-corrected chi connectivity index (χ0v) is 9.22. The van der Waals surface area contributed by atoms with Gasteiger partial charge in [0.2, 0.25) is 0 Å². The number of nitrogens with two attached hydrogens (primary N) is 1. The fourth-order valence-electron chi connectivity index (χ4n) is 1.73. The Kier molecular flexibility index (Phi) is 3.23. The van der Waals surface area contributed by atoms with E-state index in [0.717, 1.165) is 25.2 Å². The van der Waals surface area contributed by atoms with Crippen molar-refractivity contribution in [3.05, 3.63) is 29.3 Å². The van der Waals surface area contributed by atoms with E-state index in [9.17, 15) is 0 Å². The van der Waals surface area contributed by atoms with E-state index in [4.69, 9.17) is 17.3 Å². The first kappa shape index (κ1) is 10.5. The van der Waals surface area contributed by atoms with Crippen molar-refractivity contribution >= 4 is 23.1 Å². The van der Waals surface area contributed by atoms with Gasteiger partial charge in [0.25, 0.3) is 0 Å². The van der Waals surface area contributed by atoms with Gasteiger partial charge in [-0.25, -0.2) is 4.99 Å². The monoisotopic (exact) mass is 223 g/mol. The zero-order valence-electron chi connectivity index (χ0n) is 8.46. The number of aliphatic imine (C=N–C) groups is 1. The van der Waals surface area contributed by atoms with Gasteiger partial charge < -0.3 is 11.1 Å². The van der Waals surface area contributed by atoms with Crippen LogP contribution in [0.3, 0.4) is 0 Å². The minimum atomic E-state index is 0.276. The van der Waals surface area contributed by atoms with Gasteiger partial charge in [-0.05, 0) is 36.2 Å². The third kappa shape index (κ3) is 2.49. The van der Waals surface area contributed by atoms with Crippen LogP contribution < -0.4 is 11.1 Å². The smallest absolute Gasteiger partial charge is 0.115 e. The lowest BCUT2D eigenvalue weighted by Gasteiger charge is -2.16. The van der Waals surface area contributed by atoms with E-state index in [2.05, 4.69) is 22.4 Å². The predicted molar refractivity (Wildman–Crippen MR) is 63.9 cm³/mol. The molecule has 1 heterocycles. The molecule has 0 spiro atoms. The molecule has 1 aromatic rings. The number of fused-ring (bicyclic) bond motifs is 1. The molecule has 15 heavy (non-hydrogen) atoms. The molecule has 3 N–H and O–H groups in total. The normalized spacial score (nSPS) is 16.2. The molecular formula is C11H14ClN3. The molecule has 0 bridgehead atoms. The molecule has 1 aromatic carbocycles. The van der Waals surface area contributed by atoms with Gasteiger partial charge >= 0.3 is 0 Å². The molecule has 0 saturated heterocycles. The Morgan fingerprint density at radius 2 is 2.33 bits per heavy atom. The standard InChI is InChI=1S/C11H14ClN3/c12-6-11(13)15-10-2-1-9-7-14-4-3-8(9)5-10/h1-2,5,14H,3-4,6-7H2,(H2,13,15). The SMILES string of the molecule is NC(CCl)=Nc1ccc2c(c1)CCNC2. The average molecular weight is 224 g/mol. The van der Waals surface area contributed by atoms with Gasteiger partial charge in [0.1, 0.15) is 5.84 Å². The second-order valence-corrected chi connectivity index (χ2v) is 3.88. The van der Waals surface area contributed by atoms with E-state index < -0.39 is 0 Å². The molecule has 0 saturated carbocycles. The van der Waals surface area contributed by atoms with Crippen LogP contribution in [0.25, 0.3) is 0 Å². The van der Waals surface area contributed by atoms with E-state index in [0.29, 0.717) is 5.84 Å². The van der Waals surface area contributed by atoms with Crippen LogP contribution in [0.5, 0.6) is 0 Å². The van der Waals surface area contributed by atoms with E-state index in [-0.39, 0.29) is 5.88 Å². The average Bonchev–Trinajstić information content (AvgIpc) is 2.29. The summed E-state index contributed by atoms with van der Waals surface area (Å²) in [5, 5.41) is 3.33. The highest BCUT2D eigenvalue weighted by atomic mass is 35.5. The molecule has 0 unspecified atom stereocenters. The van der Waals surface area contributed by atoms with Crippen LogP contribution in [0.1, 0.15) is 11.1 Å². The molecule has 0 atom stereocenters. The molecule has 1 aliphatic rings. The van der Waals surface area contributed by atoms with Gasteiger partial charge in [0.05, 0.1) is 11.6 Å². The van der Waals surface area contributed by atoms with Crippen molar-refractivity contribution in [2.24, 2.45) is 10.7 Å². The fraction of sp³-hybridized carbons (Fsp3) is 0.364. The minimum absolute atomic E-state index is 0.276. The Balaban J connectivity index is 2.28. The number of nitrogens with zero attached hydrogens (tertiary/aromatic N) is 1. The maximum absolute atomic E-state index is 5.59.